The number of methoxy groups -OCH3 is 1. The molecule has 2 amide bonds. The topological polar surface area (TPSA) is 84.8 Å². The van der Waals surface area contributed by atoms with Crippen LogP contribution in [0.5, 0.6) is 0 Å². The van der Waals surface area contributed by atoms with Gasteiger partial charge in [0.1, 0.15) is 6.04 Å². The molecule has 30 heavy (non-hydrogen) atoms. The lowest BCUT2D eigenvalue weighted by atomic mass is 9.80. The minimum absolute atomic E-state index is 0.0456. The fourth-order valence-corrected chi connectivity index (χ4v) is 6.48. The Balaban J connectivity index is 1.25. The fraction of sp³-hybridized carbons (Fsp3) is 0.762. The molecule has 9 heteroatoms. The van der Waals surface area contributed by atoms with Gasteiger partial charge in [0.25, 0.3) is 0 Å². The highest BCUT2D eigenvalue weighted by molar-refractivity contribution is 8.14. The summed E-state index contributed by atoms with van der Waals surface area (Å²) >= 11 is 1.63. The van der Waals surface area contributed by atoms with Gasteiger partial charge in [0.05, 0.1) is 12.4 Å². The molecule has 5 rings (SSSR count). The predicted octanol–water partition coefficient (Wildman–Crippen LogP) is 2.41. The van der Waals surface area contributed by atoms with Crippen molar-refractivity contribution in [2.24, 2.45) is 21.3 Å². The molecule has 0 aliphatic carbocycles. The van der Waals surface area contributed by atoms with E-state index >= 15 is 0 Å². The van der Waals surface area contributed by atoms with E-state index in [2.05, 4.69) is 10.3 Å². The number of carbonyl (C=O) groups is 1. The van der Waals surface area contributed by atoms with E-state index in [0.29, 0.717) is 17.0 Å². The number of nitrogens with zero attached hydrogens (tertiary/aromatic N) is 3. The number of ether oxygens (including phenoxy) is 3. The summed E-state index contributed by atoms with van der Waals surface area (Å²) in [5, 5.41) is 3.88. The smallest absolute Gasteiger partial charge is 0.323 e. The molecule has 0 aromatic heterocycles. The van der Waals surface area contributed by atoms with E-state index in [0.717, 1.165) is 71.6 Å². The number of amides is 2. The second-order valence-electron chi connectivity index (χ2n) is 8.82. The van der Waals surface area contributed by atoms with E-state index in [9.17, 15) is 4.79 Å². The third-order valence-electron chi connectivity index (χ3n) is 7.10. The molecule has 0 aromatic rings. The van der Waals surface area contributed by atoms with Crippen molar-refractivity contribution < 1.29 is 19.0 Å². The van der Waals surface area contributed by atoms with Crippen molar-refractivity contribution in [3.63, 3.8) is 0 Å². The Bertz CT molecular complexity index is 771. The highest BCUT2D eigenvalue weighted by Crippen LogP contribution is 2.42. The van der Waals surface area contributed by atoms with Crippen molar-refractivity contribution in [1.82, 2.24) is 10.2 Å². The molecule has 0 aromatic carbocycles. The number of amidine groups is 1. The molecule has 1 N–H and O–H groups in total. The van der Waals surface area contributed by atoms with Crippen molar-refractivity contribution in [2.75, 3.05) is 46.6 Å². The second kappa shape index (κ2) is 8.51. The van der Waals surface area contributed by atoms with Gasteiger partial charge in [-0.3, -0.25) is 5.32 Å². The van der Waals surface area contributed by atoms with Crippen LogP contribution in [-0.4, -0.2) is 79.9 Å². The van der Waals surface area contributed by atoms with Crippen LogP contribution in [-0.2, 0) is 14.2 Å². The average Bonchev–Trinajstić information content (AvgIpc) is 3.38. The fourth-order valence-electron chi connectivity index (χ4n) is 5.23. The highest BCUT2D eigenvalue weighted by Gasteiger charge is 2.44. The summed E-state index contributed by atoms with van der Waals surface area (Å²) in [6.07, 6.45) is 7.13. The van der Waals surface area contributed by atoms with Crippen molar-refractivity contribution in [3.8, 4) is 0 Å². The number of fused-ring (bicyclic) bond motifs is 1. The quantitative estimate of drug-likeness (QED) is 0.685. The molecular formula is C21H30N4O4S. The first-order valence-corrected chi connectivity index (χ1v) is 11.8. The van der Waals surface area contributed by atoms with E-state index in [1.807, 2.05) is 11.1 Å². The van der Waals surface area contributed by atoms with Gasteiger partial charge < -0.3 is 19.1 Å². The standard InChI is InChI=1S/C21H30N4O4S/c1-27-18-16-17(15(12-22-18)14-2-8-28-9-3-14)30-19(23-16)24-20(26)25-7-4-21(13-25)5-10-29-11-6-21/h12,14,16-17H,2-11,13H2,1H3,(H,23,24,26). The normalized spacial score (nSPS) is 31.1. The molecule has 0 saturated carbocycles. The minimum atomic E-state index is -0.168. The third kappa shape index (κ3) is 3.87. The number of nitrogens with one attached hydrogen (secondary N) is 1. The molecule has 3 saturated heterocycles. The Morgan fingerprint density at radius 1 is 1.23 bits per heavy atom. The summed E-state index contributed by atoms with van der Waals surface area (Å²) in [6.45, 7) is 4.80. The average molecular weight is 435 g/mol. The highest BCUT2D eigenvalue weighted by atomic mass is 32.2. The molecule has 2 atom stereocenters. The van der Waals surface area contributed by atoms with Crippen LogP contribution in [0.2, 0.25) is 0 Å². The van der Waals surface area contributed by atoms with Gasteiger partial charge >= 0.3 is 6.03 Å². The zero-order valence-electron chi connectivity index (χ0n) is 17.5. The van der Waals surface area contributed by atoms with Crippen LogP contribution >= 0.6 is 11.8 Å². The molecule has 0 radical (unpaired) electrons. The number of thioether (sulfide) groups is 1. The summed E-state index contributed by atoms with van der Waals surface area (Å²) in [7, 11) is 1.64. The maximum absolute atomic E-state index is 13.0. The molecule has 164 valence electrons. The lowest BCUT2D eigenvalue weighted by Crippen LogP contribution is -2.42. The molecule has 3 fully saturated rings. The van der Waals surface area contributed by atoms with Crippen LogP contribution in [0.1, 0.15) is 32.1 Å². The summed E-state index contributed by atoms with van der Waals surface area (Å²) in [6, 6.07) is -0.214. The first-order chi connectivity index (χ1) is 14.7. The van der Waals surface area contributed by atoms with Gasteiger partial charge in [0, 0.05) is 45.7 Å². The monoisotopic (exact) mass is 434 g/mol. The van der Waals surface area contributed by atoms with Gasteiger partial charge in [0.2, 0.25) is 5.90 Å². The molecular weight excluding hydrogens is 404 g/mol. The van der Waals surface area contributed by atoms with Crippen LogP contribution in [0.3, 0.4) is 0 Å². The van der Waals surface area contributed by atoms with Gasteiger partial charge in [0.15, 0.2) is 5.17 Å². The lowest BCUT2D eigenvalue weighted by molar-refractivity contribution is 0.0209. The van der Waals surface area contributed by atoms with E-state index in [-0.39, 0.29) is 22.7 Å². The van der Waals surface area contributed by atoms with Gasteiger partial charge in [-0.05, 0) is 49.0 Å². The summed E-state index contributed by atoms with van der Waals surface area (Å²) in [5.41, 5.74) is 1.53. The number of hydrogen-bond acceptors (Lipinski definition) is 7. The van der Waals surface area contributed by atoms with Crippen molar-refractivity contribution in [2.45, 2.75) is 43.4 Å². The SMILES string of the molecule is COC1=NC=C(C2CCOCC2)C2SC(NC(=O)N3CCC4(CCOCC4)C3)=NC12. The molecule has 5 heterocycles. The van der Waals surface area contributed by atoms with Crippen molar-refractivity contribution in [3.05, 3.63) is 11.8 Å². The molecule has 5 aliphatic heterocycles. The van der Waals surface area contributed by atoms with Gasteiger partial charge in [-0.2, -0.15) is 0 Å². The maximum Gasteiger partial charge on any atom is 0.323 e. The minimum Gasteiger partial charge on any atom is -0.482 e. The number of rotatable bonds is 1. The molecule has 0 bridgehead atoms. The Kier molecular flexibility index (Phi) is 5.77. The zero-order valence-corrected chi connectivity index (χ0v) is 18.3. The molecule has 8 nitrogen and oxygen atoms in total. The number of aliphatic imine (C=N–C) groups is 2. The summed E-state index contributed by atoms with van der Waals surface area (Å²) in [5.74, 6) is 1.08. The van der Waals surface area contributed by atoms with Gasteiger partial charge in [-0.15, -0.1) is 0 Å². The van der Waals surface area contributed by atoms with Crippen LogP contribution in [0, 0.1) is 11.3 Å². The molecule has 1 spiro atoms. The van der Waals surface area contributed by atoms with E-state index in [1.54, 1.807) is 18.9 Å². The van der Waals surface area contributed by atoms with Gasteiger partial charge in [-0.1, -0.05) is 11.8 Å². The van der Waals surface area contributed by atoms with Crippen LogP contribution in [0.4, 0.5) is 4.79 Å². The van der Waals surface area contributed by atoms with Crippen LogP contribution < -0.4 is 5.32 Å². The number of urea groups is 1. The first kappa shape index (κ1) is 20.3. The number of carbonyl (C=O) groups excluding carboxylic acids is 1. The van der Waals surface area contributed by atoms with E-state index in [4.69, 9.17) is 19.2 Å². The van der Waals surface area contributed by atoms with Gasteiger partial charge in [-0.25, -0.2) is 14.8 Å². The van der Waals surface area contributed by atoms with E-state index in [1.165, 1.54) is 5.57 Å². The largest absolute Gasteiger partial charge is 0.482 e. The number of likely N-dealkylation sites (tertiary alicyclic amines) is 1. The molecule has 2 unspecified atom stereocenters. The summed E-state index contributed by atoms with van der Waals surface area (Å²) < 4.78 is 16.5. The van der Waals surface area contributed by atoms with Crippen molar-refractivity contribution >= 4 is 28.9 Å². The second-order valence-corrected chi connectivity index (χ2v) is 9.95. The van der Waals surface area contributed by atoms with E-state index < -0.39 is 0 Å². The third-order valence-corrected chi connectivity index (χ3v) is 8.31. The summed E-state index contributed by atoms with van der Waals surface area (Å²) in [4.78, 5) is 24.2. The Hall–Kier alpha value is -1.58. The van der Waals surface area contributed by atoms with Crippen LogP contribution in [0.15, 0.2) is 21.8 Å². The first-order valence-electron chi connectivity index (χ1n) is 10.9. The van der Waals surface area contributed by atoms with Crippen LogP contribution in [0.25, 0.3) is 0 Å². The Morgan fingerprint density at radius 3 is 2.77 bits per heavy atom. The zero-order chi connectivity index (χ0) is 20.6. The molecule has 5 aliphatic rings. The lowest BCUT2D eigenvalue weighted by Gasteiger charge is -2.33. The number of hydrogen-bond donors (Lipinski definition) is 1. The predicted molar refractivity (Wildman–Crippen MR) is 116 cm³/mol. The van der Waals surface area contributed by atoms with Crippen molar-refractivity contribution in [1.29, 1.82) is 0 Å². The Labute approximate surface area is 181 Å². The Morgan fingerprint density at radius 2 is 2.00 bits per heavy atom. The maximum atomic E-state index is 13.0.